The molecule has 3 rings (SSSR count). The molecule has 0 aliphatic carbocycles. The zero-order valence-electron chi connectivity index (χ0n) is 11.4. The van der Waals surface area contributed by atoms with E-state index in [4.69, 9.17) is 10.3 Å². The Morgan fingerprint density at radius 2 is 2.35 bits per heavy atom. The summed E-state index contributed by atoms with van der Waals surface area (Å²) in [6.45, 7) is 2.96. The maximum absolute atomic E-state index is 5.82. The molecule has 6 nitrogen and oxygen atoms in total. The first kappa shape index (κ1) is 14.0. The molecule has 8 heteroatoms. The van der Waals surface area contributed by atoms with Crippen molar-refractivity contribution >= 4 is 23.1 Å². The average Bonchev–Trinajstić information content (AvgIpc) is 3.08. The van der Waals surface area contributed by atoms with Crippen molar-refractivity contribution in [2.24, 2.45) is 5.73 Å². The van der Waals surface area contributed by atoms with Crippen molar-refractivity contribution in [1.29, 1.82) is 0 Å². The minimum atomic E-state index is -0.0722. The molecule has 0 saturated carbocycles. The standard InChI is InChI=1S/C12H17N5OS2/c1-7(13)12-14-8(5-20-12)11-15-10(16-18-11)9-6-19-4-3-17(9)2/h5,7,9H,3-4,6,13H2,1-2H3. The molecule has 2 aromatic heterocycles. The lowest BCUT2D eigenvalue weighted by atomic mass is 10.3. The van der Waals surface area contributed by atoms with Gasteiger partial charge < -0.3 is 10.3 Å². The van der Waals surface area contributed by atoms with Crippen LogP contribution in [0.15, 0.2) is 9.90 Å². The second-order valence-corrected chi connectivity index (χ2v) is 6.93. The van der Waals surface area contributed by atoms with Gasteiger partial charge in [0, 0.05) is 23.4 Å². The number of hydrogen-bond donors (Lipinski definition) is 1. The van der Waals surface area contributed by atoms with E-state index in [1.54, 1.807) is 0 Å². The molecule has 2 atom stereocenters. The van der Waals surface area contributed by atoms with Gasteiger partial charge in [-0.3, -0.25) is 4.90 Å². The van der Waals surface area contributed by atoms with E-state index in [0.29, 0.717) is 11.6 Å². The van der Waals surface area contributed by atoms with Crippen LogP contribution in [0.3, 0.4) is 0 Å². The zero-order chi connectivity index (χ0) is 14.1. The number of thiazole rings is 1. The van der Waals surface area contributed by atoms with Crippen LogP contribution in [-0.4, -0.2) is 45.1 Å². The fraction of sp³-hybridized carbons (Fsp3) is 0.583. The van der Waals surface area contributed by atoms with Crippen LogP contribution in [-0.2, 0) is 0 Å². The predicted octanol–water partition coefficient (Wildman–Crippen LogP) is 1.93. The molecule has 1 aliphatic rings. The fourth-order valence-corrected chi connectivity index (χ4v) is 3.99. The lowest BCUT2D eigenvalue weighted by molar-refractivity contribution is 0.257. The van der Waals surface area contributed by atoms with Gasteiger partial charge in [-0.1, -0.05) is 5.16 Å². The van der Waals surface area contributed by atoms with E-state index in [1.807, 2.05) is 24.1 Å². The number of rotatable bonds is 3. The summed E-state index contributed by atoms with van der Waals surface area (Å²) < 4.78 is 5.35. The second-order valence-electron chi connectivity index (χ2n) is 4.89. The first-order chi connectivity index (χ1) is 9.65. The van der Waals surface area contributed by atoms with E-state index in [1.165, 1.54) is 11.3 Å². The second kappa shape index (κ2) is 5.80. The van der Waals surface area contributed by atoms with Gasteiger partial charge >= 0.3 is 0 Å². The van der Waals surface area contributed by atoms with E-state index in [0.717, 1.165) is 28.9 Å². The van der Waals surface area contributed by atoms with Gasteiger partial charge in [0.2, 0.25) is 0 Å². The molecule has 1 aliphatic heterocycles. The van der Waals surface area contributed by atoms with Crippen molar-refractivity contribution < 1.29 is 4.52 Å². The molecule has 0 aromatic carbocycles. The van der Waals surface area contributed by atoms with E-state index < -0.39 is 0 Å². The minimum Gasteiger partial charge on any atom is -0.332 e. The van der Waals surface area contributed by atoms with Crippen molar-refractivity contribution in [1.82, 2.24) is 20.0 Å². The maximum atomic E-state index is 5.82. The Morgan fingerprint density at radius 1 is 1.50 bits per heavy atom. The van der Waals surface area contributed by atoms with Crippen LogP contribution < -0.4 is 5.73 Å². The number of aromatic nitrogens is 3. The normalized spacial score (nSPS) is 22.1. The average molecular weight is 311 g/mol. The topological polar surface area (TPSA) is 81.1 Å². The third-order valence-electron chi connectivity index (χ3n) is 3.27. The van der Waals surface area contributed by atoms with Crippen LogP contribution in [0.1, 0.15) is 29.8 Å². The summed E-state index contributed by atoms with van der Waals surface area (Å²) in [5.74, 6) is 3.37. The quantitative estimate of drug-likeness (QED) is 0.927. The first-order valence-corrected chi connectivity index (χ1v) is 8.51. The molecule has 108 valence electrons. The number of nitrogens with zero attached hydrogens (tertiary/aromatic N) is 4. The molecular formula is C12H17N5OS2. The Balaban J connectivity index is 1.82. The van der Waals surface area contributed by atoms with Crippen molar-refractivity contribution in [3.8, 4) is 11.6 Å². The van der Waals surface area contributed by atoms with Gasteiger partial charge in [0.1, 0.15) is 10.7 Å². The lowest BCUT2D eigenvalue weighted by Crippen LogP contribution is -2.33. The molecule has 0 spiro atoms. The fourth-order valence-electron chi connectivity index (χ4n) is 2.03. The molecule has 2 unspecified atom stereocenters. The Morgan fingerprint density at radius 3 is 3.05 bits per heavy atom. The monoisotopic (exact) mass is 311 g/mol. The van der Waals surface area contributed by atoms with E-state index in [-0.39, 0.29) is 12.1 Å². The lowest BCUT2D eigenvalue weighted by Gasteiger charge is -2.29. The molecule has 2 N–H and O–H groups in total. The highest BCUT2D eigenvalue weighted by molar-refractivity contribution is 7.99. The molecule has 3 heterocycles. The Hall–Kier alpha value is -0.960. The van der Waals surface area contributed by atoms with Crippen LogP contribution in [0, 0.1) is 0 Å². The van der Waals surface area contributed by atoms with Crippen molar-refractivity contribution in [3.63, 3.8) is 0 Å². The summed E-state index contributed by atoms with van der Waals surface area (Å²) in [7, 11) is 2.09. The van der Waals surface area contributed by atoms with Gasteiger partial charge in [0.05, 0.1) is 12.1 Å². The molecule has 0 radical (unpaired) electrons. The largest absolute Gasteiger partial charge is 0.332 e. The van der Waals surface area contributed by atoms with Crippen LogP contribution in [0.25, 0.3) is 11.6 Å². The molecule has 0 amide bonds. The van der Waals surface area contributed by atoms with E-state index >= 15 is 0 Å². The summed E-state index contributed by atoms with van der Waals surface area (Å²) in [5.41, 5.74) is 6.53. The van der Waals surface area contributed by atoms with Crippen LogP contribution >= 0.6 is 23.1 Å². The van der Waals surface area contributed by atoms with E-state index in [2.05, 4.69) is 27.1 Å². The highest BCUT2D eigenvalue weighted by atomic mass is 32.2. The highest BCUT2D eigenvalue weighted by Crippen LogP contribution is 2.29. The summed E-state index contributed by atoms with van der Waals surface area (Å²) in [6, 6.07) is 0.148. The summed E-state index contributed by atoms with van der Waals surface area (Å²) in [5, 5.41) is 6.90. The Kier molecular flexibility index (Phi) is 4.06. The minimum absolute atomic E-state index is 0.0722. The zero-order valence-corrected chi connectivity index (χ0v) is 13.1. The number of nitrogens with two attached hydrogens (primary N) is 1. The summed E-state index contributed by atoms with van der Waals surface area (Å²) in [6.07, 6.45) is 0. The molecule has 1 fully saturated rings. The van der Waals surface area contributed by atoms with Gasteiger partial charge in [-0.05, 0) is 14.0 Å². The van der Waals surface area contributed by atoms with E-state index in [9.17, 15) is 0 Å². The van der Waals surface area contributed by atoms with Crippen molar-refractivity contribution in [2.45, 2.75) is 19.0 Å². The summed E-state index contributed by atoms with van der Waals surface area (Å²) in [4.78, 5) is 11.2. The Bertz CT molecular complexity index is 582. The maximum Gasteiger partial charge on any atom is 0.277 e. The summed E-state index contributed by atoms with van der Waals surface area (Å²) >= 11 is 3.44. The predicted molar refractivity (Wildman–Crippen MR) is 80.7 cm³/mol. The third kappa shape index (κ3) is 2.73. The van der Waals surface area contributed by atoms with Gasteiger partial charge in [-0.2, -0.15) is 16.7 Å². The van der Waals surface area contributed by atoms with Crippen molar-refractivity contribution in [2.75, 3.05) is 25.1 Å². The van der Waals surface area contributed by atoms with Gasteiger partial charge in [-0.15, -0.1) is 11.3 Å². The smallest absolute Gasteiger partial charge is 0.277 e. The SMILES string of the molecule is CC(N)c1nc(-c2nc(C3CSCCN3C)no2)cs1. The van der Waals surface area contributed by atoms with Crippen LogP contribution in [0.5, 0.6) is 0 Å². The molecule has 1 saturated heterocycles. The number of thioether (sulfide) groups is 1. The highest BCUT2D eigenvalue weighted by Gasteiger charge is 2.26. The van der Waals surface area contributed by atoms with Gasteiger partial charge in [0.25, 0.3) is 5.89 Å². The molecule has 2 aromatic rings. The van der Waals surface area contributed by atoms with Crippen LogP contribution in [0.2, 0.25) is 0 Å². The third-order valence-corrected chi connectivity index (χ3v) is 5.33. The van der Waals surface area contributed by atoms with Crippen molar-refractivity contribution in [3.05, 3.63) is 16.2 Å². The molecule has 20 heavy (non-hydrogen) atoms. The molecule has 0 bridgehead atoms. The molecular weight excluding hydrogens is 294 g/mol. The van der Waals surface area contributed by atoms with Gasteiger partial charge in [-0.25, -0.2) is 4.98 Å². The first-order valence-electron chi connectivity index (χ1n) is 6.48. The number of hydrogen-bond acceptors (Lipinski definition) is 8. The van der Waals surface area contributed by atoms with Gasteiger partial charge in [0.15, 0.2) is 5.82 Å². The van der Waals surface area contributed by atoms with Crippen LogP contribution in [0.4, 0.5) is 0 Å². The Labute approximate surface area is 125 Å².